The van der Waals surface area contributed by atoms with E-state index in [4.69, 9.17) is 4.52 Å². The fourth-order valence-electron chi connectivity index (χ4n) is 2.66. The number of benzene rings is 1. The quantitative estimate of drug-likeness (QED) is 0.882. The van der Waals surface area contributed by atoms with Crippen molar-refractivity contribution in [1.82, 2.24) is 15.4 Å². The highest BCUT2D eigenvalue weighted by Crippen LogP contribution is 2.23. The molecule has 7 heteroatoms. The van der Waals surface area contributed by atoms with Gasteiger partial charge < -0.3 is 15.2 Å². The van der Waals surface area contributed by atoms with Crippen LogP contribution in [0.1, 0.15) is 17.4 Å². The Morgan fingerprint density at radius 1 is 1.39 bits per heavy atom. The van der Waals surface area contributed by atoms with Crippen LogP contribution < -0.4 is 10.6 Å². The molecule has 1 aliphatic heterocycles. The summed E-state index contributed by atoms with van der Waals surface area (Å²) in [5.41, 5.74) is 0.833. The van der Waals surface area contributed by atoms with Crippen molar-refractivity contribution < 1.29 is 14.1 Å². The molecule has 1 atom stereocenters. The first kappa shape index (κ1) is 15.2. The number of aromatic nitrogens is 1. The van der Waals surface area contributed by atoms with Gasteiger partial charge in [-0.3, -0.25) is 14.5 Å². The molecule has 0 radical (unpaired) electrons. The van der Waals surface area contributed by atoms with Crippen LogP contribution in [-0.4, -0.2) is 41.5 Å². The lowest BCUT2D eigenvalue weighted by Crippen LogP contribution is -2.51. The van der Waals surface area contributed by atoms with E-state index in [2.05, 4.69) is 15.8 Å². The van der Waals surface area contributed by atoms with Crippen molar-refractivity contribution in [3.63, 3.8) is 0 Å². The van der Waals surface area contributed by atoms with Crippen molar-refractivity contribution >= 4 is 17.6 Å². The summed E-state index contributed by atoms with van der Waals surface area (Å²) in [5, 5.41) is 9.31. The smallest absolute Gasteiger partial charge is 0.247 e. The number of carbonyl (C=O) groups is 2. The predicted octanol–water partition coefficient (Wildman–Crippen LogP) is 1.09. The second kappa shape index (κ2) is 6.62. The van der Waals surface area contributed by atoms with E-state index < -0.39 is 6.04 Å². The van der Waals surface area contributed by atoms with Gasteiger partial charge in [0, 0.05) is 19.2 Å². The summed E-state index contributed by atoms with van der Waals surface area (Å²) in [4.78, 5) is 26.3. The minimum Gasteiger partial charge on any atom is -0.360 e. The molecule has 1 fully saturated rings. The Morgan fingerprint density at radius 3 is 2.83 bits per heavy atom. The second-order valence-electron chi connectivity index (χ2n) is 5.45. The molecule has 1 aliphatic rings. The summed E-state index contributed by atoms with van der Waals surface area (Å²) >= 11 is 0. The van der Waals surface area contributed by atoms with Gasteiger partial charge in [0.25, 0.3) is 0 Å². The third-order valence-electron chi connectivity index (χ3n) is 3.68. The van der Waals surface area contributed by atoms with Crippen molar-refractivity contribution in [2.24, 2.45) is 0 Å². The lowest BCUT2D eigenvalue weighted by Gasteiger charge is -2.33. The van der Waals surface area contributed by atoms with Crippen LogP contribution in [0, 0.1) is 6.92 Å². The molecule has 2 aromatic rings. The molecular formula is C16H18N4O3. The Morgan fingerprint density at radius 2 is 2.17 bits per heavy atom. The number of nitrogens with zero attached hydrogens (tertiary/aromatic N) is 2. The van der Waals surface area contributed by atoms with E-state index in [1.165, 1.54) is 0 Å². The van der Waals surface area contributed by atoms with Crippen LogP contribution in [0.15, 0.2) is 40.9 Å². The molecule has 0 spiro atoms. The molecule has 2 N–H and O–H groups in total. The maximum absolute atomic E-state index is 12.8. The zero-order valence-electron chi connectivity index (χ0n) is 12.8. The van der Waals surface area contributed by atoms with Gasteiger partial charge in [0.1, 0.15) is 11.8 Å². The van der Waals surface area contributed by atoms with Crippen LogP contribution in [-0.2, 0) is 9.59 Å². The van der Waals surface area contributed by atoms with Gasteiger partial charge in [0.2, 0.25) is 11.8 Å². The molecule has 1 aromatic heterocycles. The highest BCUT2D eigenvalue weighted by atomic mass is 16.5. The Labute approximate surface area is 133 Å². The van der Waals surface area contributed by atoms with Gasteiger partial charge in [-0.25, -0.2) is 0 Å². The SMILES string of the molecule is Cc1cc(NC(=O)[C@H](c2ccccc2)N2CCNC(=O)C2)no1. The summed E-state index contributed by atoms with van der Waals surface area (Å²) in [5.74, 6) is 0.672. The number of anilines is 1. The molecule has 2 heterocycles. The third kappa shape index (κ3) is 3.57. The van der Waals surface area contributed by atoms with Gasteiger partial charge in [0.05, 0.1) is 6.54 Å². The van der Waals surface area contributed by atoms with Gasteiger partial charge in [-0.05, 0) is 12.5 Å². The Hall–Kier alpha value is -2.67. The van der Waals surface area contributed by atoms with E-state index in [9.17, 15) is 9.59 Å². The van der Waals surface area contributed by atoms with E-state index in [1.54, 1.807) is 13.0 Å². The van der Waals surface area contributed by atoms with Crippen LogP contribution in [0.3, 0.4) is 0 Å². The highest BCUT2D eigenvalue weighted by Gasteiger charge is 2.31. The van der Waals surface area contributed by atoms with E-state index in [0.717, 1.165) is 5.56 Å². The van der Waals surface area contributed by atoms with Crippen molar-refractivity contribution in [2.45, 2.75) is 13.0 Å². The van der Waals surface area contributed by atoms with Gasteiger partial charge in [0.15, 0.2) is 5.82 Å². The number of aryl methyl sites for hydroxylation is 1. The number of hydrogen-bond acceptors (Lipinski definition) is 5. The van der Waals surface area contributed by atoms with Crippen LogP contribution >= 0.6 is 0 Å². The summed E-state index contributed by atoms with van der Waals surface area (Å²) in [6, 6.07) is 10.5. The van der Waals surface area contributed by atoms with Crippen molar-refractivity contribution in [2.75, 3.05) is 25.0 Å². The topological polar surface area (TPSA) is 87.5 Å². The summed E-state index contributed by atoms with van der Waals surface area (Å²) < 4.78 is 4.97. The standard InChI is InChI=1S/C16H18N4O3/c1-11-9-13(19-23-11)18-16(22)15(12-5-3-2-4-6-12)20-8-7-17-14(21)10-20/h2-6,9,15H,7-8,10H2,1H3,(H,17,21)(H,18,19,22)/t15-/m0/s1. The number of nitrogens with one attached hydrogen (secondary N) is 2. The zero-order valence-corrected chi connectivity index (χ0v) is 12.8. The largest absolute Gasteiger partial charge is 0.360 e. The Kier molecular flexibility index (Phi) is 4.38. The van der Waals surface area contributed by atoms with E-state index >= 15 is 0 Å². The molecule has 1 saturated heterocycles. The fraction of sp³-hybridized carbons (Fsp3) is 0.312. The van der Waals surface area contributed by atoms with Gasteiger partial charge in [-0.1, -0.05) is 35.5 Å². The van der Waals surface area contributed by atoms with E-state index in [1.807, 2.05) is 35.2 Å². The number of piperazine rings is 1. The molecule has 0 bridgehead atoms. The molecule has 0 saturated carbocycles. The zero-order chi connectivity index (χ0) is 16.2. The average molecular weight is 314 g/mol. The summed E-state index contributed by atoms with van der Waals surface area (Å²) in [7, 11) is 0. The summed E-state index contributed by atoms with van der Waals surface area (Å²) in [6.45, 7) is 3.08. The first-order chi connectivity index (χ1) is 11.1. The van der Waals surface area contributed by atoms with E-state index in [0.29, 0.717) is 24.7 Å². The van der Waals surface area contributed by atoms with Crippen molar-refractivity contribution in [1.29, 1.82) is 0 Å². The van der Waals surface area contributed by atoms with Crippen LogP contribution in [0.5, 0.6) is 0 Å². The first-order valence-corrected chi connectivity index (χ1v) is 7.43. The van der Waals surface area contributed by atoms with Crippen molar-refractivity contribution in [3.05, 3.63) is 47.7 Å². The predicted molar refractivity (Wildman–Crippen MR) is 83.6 cm³/mol. The minimum absolute atomic E-state index is 0.0812. The van der Waals surface area contributed by atoms with Crippen LogP contribution in [0.25, 0.3) is 0 Å². The molecule has 1 aromatic carbocycles. The fourth-order valence-corrected chi connectivity index (χ4v) is 2.66. The second-order valence-corrected chi connectivity index (χ2v) is 5.45. The molecular weight excluding hydrogens is 296 g/mol. The van der Waals surface area contributed by atoms with Crippen LogP contribution in [0.2, 0.25) is 0 Å². The maximum atomic E-state index is 12.8. The monoisotopic (exact) mass is 314 g/mol. The summed E-state index contributed by atoms with van der Waals surface area (Å²) in [6.07, 6.45) is 0. The molecule has 3 rings (SSSR count). The molecule has 7 nitrogen and oxygen atoms in total. The first-order valence-electron chi connectivity index (χ1n) is 7.43. The lowest BCUT2D eigenvalue weighted by atomic mass is 10.0. The molecule has 2 amide bonds. The Balaban J connectivity index is 1.85. The average Bonchev–Trinajstić information content (AvgIpc) is 2.94. The molecule has 120 valence electrons. The van der Waals surface area contributed by atoms with Gasteiger partial charge in [-0.15, -0.1) is 0 Å². The number of amides is 2. The molecule has 0 aliphatic carbocycles. The molecule has 23 heavy (non-hydrogen) atoms. The number of carbonyl (C=O) groups excluding carboxylic acids is 2. The van der Waals surface area contributed by atoms with Gasteiger partial charge in [-0.2, -0.15) is 0 Å². The van der Waals surface area contributed by atoms with Crippen LogP contribution in [0.4, 0.5) is 5.82 Å². The maximum Gasteiger partial charge on any atom is 0.247 e. The Bertz CT molecular complexity index is 698. The van der Waals surface area contributed by atoms with E-state index in [-0.39, 0.29) is 18.4 Å². The van der Waals surface area contributed by atoms with Crippen molar-refractivity contribution in [3.8, 4) is 0 Å². The third-order valence-corrected chi connectivity index (χ3v) is 3.68. The lowest BCUT2D eigenvalue weighted by molar-refractivity contribution is -0.128. The number of hydrogen-bond donors (Lipinski definition) is 2. The highest BCUT2D eigenvalue weighted by molar-refractivity contribution is 5.95. The minimum atomic E-state index is -0.556. The van der Waals surface area contributed by atoms with Gasteiger partial charge >= 0.3 is 0 Å². The molecule has 0 unspecified atom stereocenters. The normalized spacial score (nSPS) is 16.7. The number of rotatable bonds is 4.